The molecule has 0 saturated heterocycles. The quantitative estimate of drug-likeness (QED) is 0.412. The zero-order chi connectivity index (χ0) is 16.6. The van der Waals surface area contributed by atoms with E-state index in [-0.39, 0.29) is 17.1 Å². The van der Waals surface area contributed by atoms with Crippen LogP contribution >= 0.6 is 23.1 Å². The number of fused-ring (bicyclic) bond motifs is 1. The number of aromatic nitrogens is 2. The Morgan fingerprint density at radius 3 is 2.65 bits per heavy atom. The maximum absolute atomic E-state index is 12.3. The molecule has 0 aliphatic heterocycles. The Labute approximate surface area is 142 Å². The minimum absolute atomic E-state index is 0.0340. The fraction of sp³-hybridized carbons (Fsp3) is 0.235. The van der Waals surface area contributed by atoms with Gasteiger partial charge in [-0.25, -0.2) is 4.98 Å². The molecule has 118 valence electrons. The SMILES string of the molecule is Cc1ccc(C(=O)CSc2nc3sc(C)cc3c(=O)n2C)cc1. The minimum atomic E-state index is -0.0652. The number of Topliss-reactive ketones (excluding diaryl/α,β-unsaturated/α-hetero) is 1. The van der Waals surface area contributed by atoms with Crippen molar-refractivity contribution >= 4 is 39.1 Å². The summed E-state index contributed by atoms with van der Waals surface area (Å²) >= 11 is 2.80. The monoisotopic (exact) mass is 344 g/mol. The third-order valence-electron chi connectivity index (χ3n) is 3.56. The Balaban J connectivity index is 1.84. The van der Waals surface area contributed by atoms with Crippen molar-refractivity contribution in [2.45, 2.75) is 19.0 Å². The number of carbonyl (C=O) groups excluding carboxylic acids is 1. The first-order valence-electron chi connectivity index (χ1n) is 7.15. The van der Waals surface area contributed by atoms with E-state index in [0.29, 0.717) is 16.1 Å². The van der Waals surface area contributed by atoms with Crippen molar-refractivity contribution in [3.05, 3.63) is 56.7 Å². The molecule has 0 saturated carbocycles. The summed E-state index contributed by atoms with van der Waals surface area (Å²) < 4.78 is 1.52. The zero-order valence-corrected chi connectivity index (χ0v) is 14.8. The van der Waals surface area contributed by atoms with Crippen molar-refractivity contribution in [1.82, 2.24) is 9.55 Å². The summed E-state index contributed by atoms with van der Waals surface area (Å²) in [4.78, 5) is 30.9. The van der Waals surface area contributed by atoms with E-state index in [4.69, 9.17) is 0 Å². The summed E-state index contributed by atoms with van der Waals surface area (Å²) in [5.74, 6) is 0.297. The lowest BCUT2D eigenvalue weighted by Crippen LogP contribution is -2.19. The van der Waals surface area contributed by atoms with Gasteiger partial charge in [-0.05, 0) is 19.9 Å². The van der Waals surface area contributed by atoms with E-state index in [1.165, 1.54) is 27.7 Å². The van der Waals surface area contributed by atoms with Crippen LogP contribution in [0.15, 0.2) is 40.3 Å². The number of aryl methyl sites for hydroxylation is 2. The van der Waals surface area contributed by atoms with Crippen LogP contribution in [0.1, 0.15) is 20.8 Å². The third kappa shape index (κ3) is 3.23. The van der Waals surface area contributed by atoms with E-state index >= 15 is 0 Å². The highest BCUT2D eigenvalue weighted by Gasteiger charge is 2.13. The van der Waals surface area contributed by atoms with Gasteiger partial charge in [-0.1, -0.05) is 41.6 Å². The lowest BCUT2D eigenvalue weighted by molar-refractivity contribution is 0.102. The van der Waals surface area contributed by atoms with Gasteiger partial charge in [0.2, 0.25) is 0 Å². The zero-order valence-electron chi connectivity index (χ0n) is 13.1. The molecule has 0 unspecified atom stereocenters. The van der Waals surface area contributed by atoms with Gasteiger partial charge in [-0.15, -0.1) is 11.3 Å². The van der Waals surface area contributed by atoms with Gasteiger partial charge in [0.25, 0.3) is 5.56 Å². The fourth-order valence-corrected chi connectivity index (χ4v) is 4.04. The number of rotatable bonds is 4. The number of thioether (sulfide) groups is 1. The molecule has 6 heteroatoms. The van der Waals surface area contributed by atoms with E-state index < -0.39 is 0 Å². The Kier molecular flexibility index (Phi) is 4.37. The van der Waals surface area contributed by atoms with Crippen LogP contribution in [-0.2, 0) is 7.05 Å². The molecule has 0 spiro atoms. The summed E-state index contributed by atoms with van der Waals surface area (Å²) in [6, 6.07) is 9.37. The smallest absolute Gasteiger partial charge is 0.262 e. The number of ketones is 1. The molecule has 0 amide bonds. The molecule has 0 atom stereocenters. The van der Waals surface area contributed by atoms with Crippen LogP contribution in [0.5, 0.6) is 0 Å². The second kappa shape index (κ2) is 6.29. The molecular formula is C17H16N2O2S2. The molecule has 3 aromatic rings. The molecule has 0 fully saturated rings. The van der Waals surface area contributed by atoms with Gasteiger partial charge in [0.1, 0.15) is 4.83 Å². The number of benzene rings is 1. The summed E-state index contributed by atoms with van der Waals surface area (Å²) in [6.07, 6.45) is 0. The van der Waals surface area contributed by atoms with Crippen LogP contribution < -0.4 is 5.56 Å². The maximum atomic E-state index is 12.3. The van der Waals surface area contributed by atoms with E-state index in [0.717, 1.165) is 15.3 Å². The highest BCUT2D eigenvalue weighted by molar-refractivity contribution is 7.99. The summed E-state index contributed by atoms with van der Waals surface area (Å²) in [6.45, 7) is 3.94. The number of carbonyl (C=O) groups is 1. The van der Waals surface area contributed by atoms with Crippen LogP contribution in [0.4, 0.5) is 0 Å². The molecule has 3 rings (SSSR count). The van der Waals surface area contributed by atoms with Crippen LogP contribution in [0.3, 0.4) is 0 Å². The molecule has 2 aromatic heterocycles. The van der Waals surface area contributed by atoms with Gasteiger partial charge >= 0.3 is 0 Å². The van der Waals surface area contributed by atoms with Crippen molar-refractivity contribution in [3.8, 4) is 0 Å². The van der Waals surface area contributed by atoms with Gasteiger partial charge in [-0.3, -0.25) is 14.2 Å². The number of nitrogens with zero attached hydrogens (tertiary/aromatic N) is 2. The van der Waals surface area contributed by atoms with Gasteiger partial charge in [0.05, 0.1) is 11.1 Å². The van der Waals surface area contributed by atoms with Crippen LogP contribution in [0.2, 0.25) is 0 Å². The van der Waals surface area contributed by atoms with Crippen molar-refractivity contribution in [1.29, 1.82) is 0 Å². The van der Waals surface area contributed by atoms with Gasteiger partial charge in [-0.2, -0.15) is 0 Å². The Morgan fingerprint density at radius 1 is 1.26 bits per heavy atom. The maximum Gasteiger partial charge on any atom is 0.262 e. The average Bonchev–Trinajstić information content (AvgIpc) is 2.90. The van der Waals surface area contributed by atoms with Gasteiger partial charge in [0, 0.05) is 17.5 Å². The van der Waals surface area contributed by atoms with Crippen LogP contribution in [-0.4, -0.2) is 21.1 Å². The first-order chi connectivity index (χ1) is 11.0. The minimum Gasteiger partial charge on any atom is -0.293 e. The molecule has 23 heavy (non-hydrogen) atoms. The standard InChI is InChI=1S/C17H16N2O2S2/c1-10-4-6-12(7-5-10)14(20)9-22-17-18-15-13(8-11(2)23-15)16(21)19(17)3/h4-8H,9H2,1-3H3. The Bertz CT molecular complexity index is 940. The normalized spacial score (nSPS) is 11.1. The highest BCUT2D eigenvalue weighted by atomic mass is 32.2. The van der Waals surface area contributed by atoms with Gasteiger partial charge in [0.15, 0.2) is 10.9 Å². The second-order valence-electron chi connectivity index (χ2n) is 5.41. The Morgan fingerprint density at radius 2 is 1.96 bits per heavy atom. The Hall–Kier alpha value is -1.92. The largest absolute Gasteiger partial charge is 0.293 e. The summed E-state index contributed by atoms with van der Waals surface area (Å²) in [5, 5.41) is 1.22. The lowest BCUT2D eigenvalue weighted by Gasteiger charge is -2.06. The predicted octanol–water partition coefficient (Wildman–Crippen LogP) is 3.59. The second-order valence-corrected chi connectivity index (χ2v) is 7.59. The first kappa shape index (κ1) is 16.0. The summed E-state index contributed by atoms with van der Waals surface area (Å²) in [5.41, 5.74) is 1.74. The molecule has 4 nitrogen and oxygen atoms in total. The molecule has 0 bridgehead atoms. The molecule has 1 aromatic carbocycles. The van der Waals surface area contributed by atoms with Gasteiger partial charge < -0.3 is 0 Å². The molecular weight excluding hydrogens is 328 g/mol. The number of hydrogen-bond donors (Lipinski definition) is 0. The molecule has 0 aliphatic carbocycles. The molecule has 2 heterocycles. The fourth-order valence-electron chi connectivity index (χ4n) is 2.25. The van der Waals surface area contributed by atoms with Crippen LogP contribution in [0.25, 0.3) is 10.2 Å². The van der Waals surface area contributed by atoms with Crippen LogP contribution in [0, 0.1) is 13.8 Å². The van der Waals surface area contributed by atoms with E-state index in [2.05, 4.69) is 4.98 Å². The van der Waals surface area contributed by atoms with E-state index in [9.17, 15) is 9.59 Å². The average molecular weight is 344 g/mol. The number of hydrogen-bond acceptors (Lipinski definition) is 5. The van der Waals surface area contributed by atoms with E-state index in [1.807, 2.05) is 44.2 Å². The molecule has 0 aliphatic rings. The summed E-state index contributed by atoms with van der Waals surface area (Å²) in [7, 11) is 1.69. The van der Waals surface area contributed by atoms with Crippen molar-refractivity contribution in [2.75, 3.05) is 5.75 Å². The lowest BCUT2D eigenvalue weighted by atomic mass is 10.1. The van der Waals surface area contributed by atoms with Crippen molar-refractivity contribution < 1.29 is 4.79 Å². The topological polar surface area (TPSA) is 52.0 Å². The third-order valence-corrected chi connectivity index (χ3v) is 5.53. The molecule has 0 radical (unpaired) electrons. The van der Waals surface area contributed by atoms with E-state index in [1.54, 1.807) is 7.05 Å². The number of thiophene rings is 1. The predicted molar refractivity (Wildman–Crippen MR) is 95.8 cm³/mol. The molecule has 0 N–H and O–H groups in total. The van der Waals surface area contributed by atoms with Crippen molar-refractivity contribution in [2.24, 2.45) is 7.05 Å². The highest BCUT2D eigenvalue weighted by Crippen LogP contribution is 2.24. The van der Waals surface area contributed by atoms with Crippen molar-refractivity contribution in [3.63, 3.8) is 0 Å². The first-order valence-corrected chi connectivity index (χ1v) is 8.96.